The van der Waals surface area contributed by atoms with Gasteiger partial charge in [-0.2, -0.15) is 0 Å². The van der Waals surface area contributed by atoms with Crippen LogP contribution >= 0.6 is 15.9 Å². The lowest BCUT2D eigenvalue weighted by atomic mass is 10.1. The Bertz CT molecular complexity index is 321. The summed E-state index contributed by atoms with van der Waals surface area (Å²) in [6, 6.07) is 5.26. The highest BCUT2D eigenvalue weighted by atomic mass is 79.9. The average Bonchev–Trinajstić information content (AvgIpc) is 2.16. The Kier molecular flexibility index (Phi) is 3.63. The van der Waals surface area contributed by atoms with E-state index >= 15 is 0 Å². The van der Waals surface area contributed by atoms with Gasteiger partial charge in [0, 0.05) is 16.5 Å². The monoisotopic (exact) mass is 242 g/mol. The molecule has 0 amide bonds. The molecule has 3 heteroatoms. The zero-order valence-electron chi connectivity index (χ0n) is 7.38. The molecule has 1 N–H and O–H groups in total. The second kappa shape index (κ2) is 4.53. The zero-order chi connectivity index (χ0) is 9.84. The predicted molar refractivity (Wildman–Crippen MR) is 54.7 cm³/mol. The van der Waals surface area contributed by atoms with Crippen molar-refractivity contribution in [1.29, 1.82) is 0 Å². The van der Waals surface area contributed by atoms with Crippen LogP contribution < -0.4 is 0 Å². The number of carbonyl (C=O) groups excluding carboxylic acids is 1. The van der Waals surface area contributed by atoms with Gasteiger partial charge in [-0.05, 0) is 17.7 Å². The molecule has 1 aromatic rings. The Hall–Kier alpha value is -0.670. The summed E-state index contributed by atoms with van der Waals surface area (Å²) in [4.78, 5) is 11.3. The van der Waals surface area contributed by atoms with Crippen LogP contribution in [0.1, 0.15) is 29.3 Å². The third kappa shape index (κ3) is 2.39. The molecule has 0 saturated carbocycles. The van der Waals surface area contributed by atoms with Gasteiger partial charge < -0.3 is 5.11 Å². The molecule has 0 saturated heterocycles. The molecule has 13 heavy (non-hydrogen) atoms. The smallest absolute Gasteiger partial charge is 0.163 e. The molecule has 0 aliphatic rings. The largest absolute Gasteiger partial charge is 0.392 e. The first-order valence-electron chi connectivity index (χ1n) is 4.11. The fraction of sp³-hybridized carbons (Fsp3) is 0.300. The molecule has 70 valence electrons. The van der Waals surface area contributed by atoms with Crippen LogP contribution in [0.4, 0.5) is 0 Å². The van der Waals surface area contributed by atoms with Crippen LogP contribution in [0.5, 0.6) is 0 Å². The van der Waals surface area contributed by atoms with E-state index in [1.165, 1.54) is 0 Å². The highest BCUT2D eigenvalue weighted by molar-refractivity contribution is 9.10. The molecular weight excluding hydrogens is 232 g/mol. The minimum atomic E-state index is -0.000798. The van der Waals surface area contributed by atoms with Gasteiger partial charge in [0.05, 0.1) is 6.61 Å². The fourth-order valence-corrected chi connectivity index (χ4v) is 1.72. The molecule has 0 radical (unpaired) electrons. The summed E-state index contributed by atoms with van der Waals surface area (Å²) < 4.78 is 0.755. The van der Waals surface area contributed by atoms with E-state index in [1.807, 2.05) is 6.92 Å². The molecule has 1 rings (SSSR count). The highest BCUT2D eigenvalue weighted by Gasteiger charge is 2.07. The van der Waals surface area contributed by atoms with Gasteiger partial charge >= 0.3 is 0 Å². The lowest BCUT2D eigenvalue weighted by Gasteiger charge is -2.03. The molecule has 0 aliphatic heterocycles. The van der Waals surface area contributed by atoms with Crippen LogP contribution in [0.3, 0.4) is 0 Å². The highest BCUT2D eigenvalue weighted by Crippen LogP contribution is 2.20. The maximum Gasteiger partial charge on any atom is 0.163 e. The first-order chi connectivity index (χ1) is 6.19. The van der Waals surface area contributed by atoms with Crippen molar-refractivity contribution >= 4 is 21.7 Å². The van der Waals surface area contributed by atoms with Crippen LogP contribution in [0.2, 0.25) is 0 Å². The third-order valence-corrected chi connectivity index (χ3v) is 2.49. The molecule has 0 spiro atoms. The van der Waals surface area contributed by atoms with E-state index in [0.717, 1.165) is 10.0 Å². The van der Waals surface area contributed by atoms with Gasteiger partial charge in [-0.25, -0.2) is 0 Å². The van der Waals surface area contributed by atoms with Gasteiger partial charge in [0.2, 0.25) is 0 Å². The van der Waals surface area contributed by atoms with Gasteiger partial charge in [-0.1, -0.05) is 28.9 Å². The van der Waals surface area contributed by atoms with E-state index in [2.05, 4.69) is 15.9 Å². The number of halogens is 1. The van der Waals surface area contributed by atoms with E-state index in [1.54, 1.807) is 18.2 Å². The molecule has 0 atom stereocenters. The average molecular weight is 243 g/mol. The van der Waals surface area contributed by atoms with Gasteiger partial charge in [0.25, 0.3) is 0 Å². The van der Waals surface area contributed by atoms with Crippen molar-refractivity contribution in [3.63, 3.8) is 0 Å². The fourth-order valence-electron chi connectivity index (χ4n) is 1.07. The van der Waals surface area contributed by atoms with Crippen LogP contribution in [-0.2, 0) is 6.61 Å². The lowest BCUT2D eigenvalue weighted by molar-refractivity contribution is 0.0987. The van der Waals surface area contributed by atoms with E-state index < -0.39 is 0 Å². The van der Waals surface area contributed by atoms with Crippen LogP contribution in [0.25, 0.3) is 0 Å². The Balaban J connectivity index is 3.05. The van der Waals surface area contributed by atoms with E-state index in [4.69, 9.17) is 5.11 Å². The van der Waals surface area contributed by atoms with Gasteiger partial charge in [0.15, 0.2) is 5.78 Å². The van der Waals surface area contributed by atoms with Crippen molar-refractivity contribution in [2.75, 3.05) is 0 Å². The molecule has 0 fully saturated rings. The lowest BCUT2D eigenvalue weighted by Crippen LogP contribution is -1.98. The number of rotatable bonds is 3. The van der Waals surface area contributed by atoms with Gasteiger partial charge in [-0.3, -0.25) is 4.79 Å². The summed E-state index contributed by atoms with van der Waals surface area (Å²) in [7, 11) is 0. The van der Waals surface area contributed by atoms with Crippen molar-refractivity contribution in [2.45, 2.75) is 20.0 Å². The number of aliphatic hydroxyl groups excluding tert-OH is 1. The van der Waals surface area contributed by atoms with Crippen LogP contribution in [0.15, 0.2) is 22.7 Å². The number of ketones is 1. The van der Waals surface area contributed by atoms with Crippen molar-refractivity contribution in [2.24, 2.45) is 0 Å². The number of benzene rings is 1. The molecule has 0 heterocycles. The van der Waals surface area contributed by atoms with Crippen molar-refractivity contribution in [3.05, 3.63) is 33.8 Å². The maximum absolute atomic E-state index is 11.3. The maximum atomic E-state index is 11.3. The summed E-state index contributed by atoms with van der Waals surface area (Å²) in [6.07, 6.45) is 0.497. The quantitative estimate of drug-likeness (QED) is 0.828. The number of aliphatic hydroxyl groups is 1. The number of hydrogen-bond donors (Lipinski definition) is 1. The van der Waals surface area contributed by atoms with E-state index in [9.17, 15) is 4.79 Å². The SMILES string of the molecule is CCC(=O)c1ccc(CO)cc1Br. The Labute approximate surface area is 85.7 Å². The van der Waals surface area contributed by atoms with Gasteiger partial charge in [0.1, 0.15) is 0 Å². The second-order valence-electron chi connectivity index (χ2n) is 2.75. The first-order valence-corrected chi connectivity index (χ1v) is 4.90. The summed E-state index contributed by atoms with van der Waals surface area (Å²) in [5.74, 6) is 0.108. The second-order valence-corrected chi connectivity index (χ2v) is 3.60. The molecule has 1 aromatic carbocycles. The molecule has 0 unspecified atom stereocenters. The summed E-state index contributed by atoms with van der Waals surface area (Å²) in [5.41, 5.74) is 1.49. The van der Waals surface area contributed by atoms with Crippen molar-refractivity contribution in [3.8, 4) is 0 Å². The number of hydrogen-bond acceptors (Lipinski definition) is 2. The Morgan fingerprint density at radius 1 is 1.54 bits per heavy atom. The molecule has 0 aliphatic carbocycles. The minimum Gasteiger partial charge on any atom is -0.392 e. The number of Topliss-reactive ketones (excluding diaryl/α,β-unsaturated/α-hetero) is 1. The molecular formula is C10H11BrO2. The molecule has 0 aromatic heterocycles. The Morgan fingerprint density at radius 3 is 2.69 bits per heavy atom. The normalized spacial score (nSPS) is 10.1. The summed E-state index contributed by atoms with van der Waals surface area (Å²) in [6.45, 7) is 1.83. The summed E-state index contributed by atoms with van der Waals surface area (Å²) in [5, 5.41) is 8.84. The van der Waals surface area contributed by atoms with Crippen molar-refractivity contribution < 1.29 is 9.90 Å². The Morgan fingerprint density at radius 2 is 2.23 bits per heavy atom. The topological polar surface area (TPSA) is 37.3 Å². The molecule has 2 nitrogen and oxygen atoms in total. The standard InChI is InChI=1S/C10H11BrO2/c1-2-10(13)8-4-3-7(6-12)5-9(8)11/h3-5,12H,2,6H2,1H3. The summed E-state index contributed by atoms with van der Waals surface area (Å²) >= 11 is 3.30. The third-order valence-electron chi connectivity index (χ3n) is 1.84. The minimum absolute atomic E-state index is 0.000798. The predicted octanol–water partition coefficient (Wildman–Crippen LogP) is 2.53. The zero-order valence-corrected chi connectivity index (χ0v) is 8.97. The number of carbonyl (C=O) groups is 1. The first kappa shape index (κ1) is 10.4. The van der Waals surface area contributed by atoms with E-state index in [-0.39, 0.29) is 12.4 Å². The van der Waals surface area contributed by atoms with Crippen LogP contribution in [0, 0.1) is 0 Å². The van der Waals surface area contributed by atoms with Crippen LogP contribution in [-0.4, -0.2) is 10.9 Å². The van der Waals surface area contributed by atoms with Crippen molar-refractivity contribution in [1.82, 2.24) is 0 Å². The molecule has 0 bridgehead atoms. The van der Waals surface area contributed by atoms with E-state index in [0.29, 0.717) is 12.0 Å². The van der Waals surface area contributed by atoms with Gasteiger partial charge in [-0.15, -0.1) is 0 Å².